The molecule has 5 rings (SSSR count). The summed E-state index contributed by atoms with van der Waals surface area (Å²) in [6.07, 6.45) is 1.11. The zero-order valence-electron chi connectivity index (χ0n) is 15.8. The molecule has 2 fully saturated rings. The van der Waals surface area contributed by atoms with E-state index in [-0.39, 0.29) is 5.69 Å². The van der Waals surface area contributed by atoms with Crippen LogP contribution in [0.2, 0.25) is 0 Å². The summed E-state index contributed by atoms with van der Waals surface area (Å²) in [6, 6.07) is 12.3. The standard InChI is InChI=1S/C19H20N5O4P/c1-14(28-29(27,21-8-9-21)22-10-11-22)15-6-7-18(24(25)26)19(12-15)23-13-20-16-4-2-3-5-17(16)23/h2-7,12-14H,8-11H2,1H3. The molecule has 2 aliphatic heterocycles. The van der Waals surface area contributed by atoms with Crippen LogP contribution in [0.5, 0.6) is 0 Å². The maximum Gasteiger partial charge on any atom is 0.346 e. The molecule has 0 amide bonds. The van der Waals surface area contributed by atoms with E-state index < -0.39 is 18.7 Å². The van der Waals surface area contributed by atoms with Crippen LogP contribution in [0.3, 0.4) is 0 Å². The van der Waals surface area contributed by atoms with E-state index in [0.29, 0.717) is 5.69 Å². The molecule has 1 atom stereocenters. The van der Waals surface area contributed by atoms with Crippen molar-refractivity contribution >= 4 is 24.4 Å². The third kappa shape index (κ3) is 3.26. The monoisotopic (exact) mass is 413 g/mol. The van der Waals surface area contributed by atoms with E-state index in [1.54, 1.807) is 23.0 Å². The van der Waals surface area contributed by atoms with E-state index >= 15 is 0 Å². The number of benzene rings is 2. The zero-order chi connectivity index (χ0) is 20.2. The minimum atomic E-state index is -2.99. The van der Waals surface area contributed by atoms with Crippen LogP contribution >= 0.6 is 7.67 Å². The summed E-state index contributed by atoms with van der Waals surface area (Å²) in [4.78, 5) is 15.6. The molecular weight excluding hydrogens is 393 g/mol. The Balaban J connectivity index is 1.54. The summed E-state index contributed by atoms with van der Waals surface area (Å²) in [6.45, 7) is 4.91. The predicted molar refractivity (Wildman–Crippen MR) is 108 cm³/mol. The van der Waals surface area contributed by atoms with Crippen molar-refractivity contribution in [2.75, 3.05) is 26.2 Å². The number of rotatable bonds is 7. The lowest BCUT2D eigenvalue weighted by molar-refractivity contribution is -0.384. The van der Waals surface area contributed by atoms with Crippen molar-refractivity contribution in [1.29, 1.82) is 0 Å². The van der Waals surface area contributed by atoms with Crippen LogP contribution in [0, 0.1) is 10.1 Å². The van der Waals surface area contributed by atoms with Gasteiger partial charge in [0.2, 0.25) is 0 Å². The molecule has 0 radical (unpaired) electrons. The number of nitrogens with zero attached hydrogens (tertiary/aromatic N) is 5. The Kier molecular flexibility index (Phi) is 4.29. The van der Waals surface area contributed by atoms with Crippen LogP contribution in [-0.4, -0.2) is 50.0 Å². The van der Waals surface area contributed by atoms with Gasteiger partial charge in [0.05, 0.1) is 22.1 Å². The third-order valence-electron chi connectivity index (χ3n) is 5.24. The largest absolute Gasteiger partial charge is 0.346 e. The number of fused-ring (bicyclic) bond motifs is 1. The molecule has 0 saturated carbocycles. The second-order valence-electron chi connectivity index (χ2n) is 7.25. The van der Waals surface area contributed by atoms with Gasteiger partial charge in [-0.2, -0.15) is 0 Å². The Labute approximate surface area is 167 Å². The number of hydrogen-bond acceptors (Lipinski definition) is 5. The molecule has 150 valence electrons. The van der Waals surface area contributed by atoms with Crippen molar-refractivity contribution < 1.29 is 14.0 Å². The van der Waals surface area contributed by atoms with E-state index in [4.69, 9.17) is 4.52 Å². The first-order valence-corrected chi connectivity index (χ1v) is 11.0. The van der Waals surface area contributed by atoms with E-state index in [1.807, 2.05) is 40.5 Å². The number of nitro benzene ring substituents is 1. The van der Waals surface area contributed by atoms with E-state index in [2.05, 4.69) is 4.98 Å². The van der Waals surface area contributed by atoms with Crippen LogP contribution in [0.1, 0.15) is 18.6 Å². The summed E-state index contributed by atoms with van der Waals surface area (Å²) >= 11 is 0. The summed E-state index contributed by atoms with van der Waals surface area (Å²) in [7, 11) is -2.99. The lowest BCUT2D eigenvalue weighted by Gasteiger charge is -2.24. The molecule has 3 heterocycles. The number of hydrogen-bond donors (Lipinski definition) is 0. The lowest BCUT2D eigenvalue weighted by Crippen LogP contribution is -2.11. The summed E-state index contributed by atoms with van der Waals surface area (Å²) in [5.74, 6) is 0. The zero-order valence-corrected chi connectivity index (χ0v) is 16.7. The SMILES string of the molecule is CC(OP(=O)(N1CC1)N1CC1)c1ccc([N+](=O)[O-])c(-n2cnc3ccccc32)c1. The maximum atomic E-state index is 13.3. The third-order valence-corrected chi connectivity index (χ3v) is 8.06. The van der Waals surface area contributed by atoms with Crippen molar-refractivity contribution in [3.05, 3.63) is 64.5 Å². The van der Waals surface area contributed by atoms with E-state index in [0.717, 1.165) is 42.8 Å². The Morgan fingerprint density at radius 1 is 1.14 bits per heavy atom. The molecule has 1 unspecified atom stereocenters. The molecule has 0 aliphatic carbocycles. The van der Waals surface area contributed by atoms with Crippen LogP contribution in [0.4, 0.5) is 5.69 Å². The van der Waals surface area contributed by atoms with Crippen molar-refractivity contribution in [1.82, 2.24) is 18.9 Å². The Bertz CT molecular complexity index is 1140. The van der Waals surface area contributed by atoms with E-state index in [1.165, 1.54) is 6.07 Å². The fourth-order valence-corrected chi connectivity index (χ4v) is 5.81. The minimum Gasteiger partial charge on any atom is -0.298 e. The topological polar surface area (TPSA) is 93.3 Å². The van der Waals surface area contributed by atoms with Crippen LogP contribution < -0.4 is 0 Å². The summed E-state index contributed by atoms with van der Waals surface area (Å²) < 4.78 is 24.7. The first-order chi connectivity index (χ1) is 14.0. The van der Waals surface area contributed by atoms with Gasteiger partial charge < -0.3 is 0 Å². The number of nitro groups is 1. The van der Waals surface area contributed by atoms with Crippen molar-refractivity contribution in [2.45, 2.75) is 13.0 Å². The van der Waals surface area contributed by atoms with Crippen molar-refractivity contribution in [2.24, 2.45) is 0 Å². The molecule has 2 aromatic carbocycles. The first-order valence-electron chi connectivity index (χ1n) is 9.47. The average Bonchev–Trinajstić information content (AvgIpc) is 3.62. The lowest BCUT2D eigenvalue weighted by atomic mass is 10.1. The Morgan fingerprint density at radius 2 is 1.83 bits per heavy atom. The van der Waals surface area contributed by atoms with Crippen LogP contribution in [0.25, 0.3) is 16.7 Å². The normalized spacial score (nSPS) is 18.1. The smallest absolute Gasteiger partial charge is 0.298 e. The fraction of sp³-hybridized carbons (Fsp3) is 0.316. The van der Waals surface area contributed by atoms with Gasteiger partial charge in [0, 0.05) is 32.2 Å². The summed E-state index contributed by atoms with van der Waals surface area (Å²) in [5.41, 5.74) is 2.64. The fourth-order valence-electron chi connectivity index (χ4n) is 3.47. The molecule has 0 spiro atoms. The van der Waals surface area contributed by atoms with Crippen LogP contribution in [0.15, 0.2) is 48.8 Å². The molecule has 9 nitrogen and oxygen atoms in total. The number of imidazole rings is 1. The predicted octanol–water partition coefficient (Wildman–Crippen LogP) is 3.75. The quantitative estimate of drug-likeness (QED) is 0.252. The van der Waals surface area contributed by atoms with Gasteiger partial charge in [-0.3, -0.25) is 23.8 Å². The second-order valence-corrected chi connectivity index (χ2v) is 9.58. The highest BCUT2D eigenvalue weighted by molar-refractivity contribution is 7.54. The Hall–Kier alpha value is -2.58. The summed E-state index contributed by atoms with van der Waals surface area (Å²) in [5, 5.41) is 11.6. The van der Waals surface area contributed by atoms with Gasteiger partial charge in [-0.1, -0.05) is 12.1 Å². The molecule has 10 heteroatoms. The van der Waals surface area contributed by atoms with Gasteiger partial charge in [0.15, 0.2) is 0 Å². The second kappa shape index (κ2) is 6.74. The highest BCUT2D eigenvalue weighted by Gasteiger charge is 2.50. The average molecular weight is 413 g/mol. The molecule has 3 aromatic rings. The van der Waals surface area contributed by atoms with Gasteiger partial charge in [-0.15, -0.1) is 0 Å². The van der Waals surface area contributed by atoms with Gasteiger partial charge in [0.25, 0.3) is 5.69 Å². The van der Waals surface area contributed by atoms with Crippen LogP contribution in [-0.2, 0) is 9.09 Å². The molecule has 29 heavy (non-hydrogen) atoms. The molecule has 0 N–H and O–H groups in total. The first kappa shape index (κ1) is 18.4. The molecule has 2 aliphatic rings. The molecule has 0 bridgehead atoms. The van der Waals surface area contributed by atoms with Gasteiger partial charge in [-0.25, -0.2) is 14.3 Å². The number of aromatic nitrogens is 2. The Morgan fingerprint density at radius 3 is 2.48 bits per heavy atom. The highest BCUT2D eigenvalue weighted by atomic mass is 31.2. The molecule has 2 saturated heterocycles. The highest BCUT2D eigenvalue weighted by Crippen LogP contribution is 2.63. The minimum absolute atomic E-state index is 0.0239. The van der Waals surface area contributed by atoms with Crippen molar-refractivity contribution in [3.63, 3.8) is 0 Å². The van der Waals surface area contributed by atoms with Gasteiger partial charge >= 0.3 is 7.67 Å². The van der Waals surface area contributed by atoms with Crippen molar-refractivity contribution in [3.8, 4) is 5.69 Å². The number of para-hydroxylation sites is 2. The molecular formula is C19H20N5O4P. The maximum absolute atomic E-state index is 13.3. The molecule has 1 aromatic heterocycles. The van der Waals surface area contributed by atoms with Gasteiger partial charge in [-0.05, 0) is 36.8 Å². The van der Waals surface area contributed by atoms with Gasteiger partial charge in [0.1, 0.15) is 12.0 Å². The van der Waals surface area contributed by atoms with E-state index in [9.17, 15) is 14.7 Å².